The first-order valence-corrected chi connectivity index (χ1v) is 6.67. The number of H-pyrrole nitrogens is 1. The Labute approximate surface area is 118 Å². The number of nitrogens with zero attached hydrogens (tertiary/aromatic N) is 4. The van der Waals surface area contributed by atoms with E-state index in [1.165, 1.54) is 16.2 Å². The molecule has 0 saturated carbocycles. The molecule has 2 heterocycles. The van der Waals surface area contributed by atoms with Crippen LogP contribution < -0.4 is 0 Å². The van der Waals surface area contributed by atoms with Crippen LogP contribution in [0.3, 0.4) is 0 Å². The lowest BCUT2D eigenvalue weighted by Crippen LogP contribution is -1.89. The second kappa shape index (κ2) is 3.73. The average molecular weight is 271 g/mol. The molecule has 2 aromatic heterocycles. The van der Waals surface area contributed by atoms with Gasteiger partial charge in [-0.1, -0.05) is 24.3 Å². The van der Waals surface area contributed by atoms with Gasteiger partial charge in [0, 0.05) is 16.2 Å². The number of rotatable bonds is 0. The fraction of sp³-hybridized carbons (Fsp3) is 0. The average Bonchev–Trinajstić information content (AvgIpc) is 3.03. The van der Waals surface area contributed by atoms with Gasteiger partial charge in [0.2, 0.25) is 0 Å². The third kappa shape index (κ3) is 1.34. The maximum absolute atomic E-state index is 4.23. The highest BCUT2D eigenvalue weighted by Crippen LogP contribution is 2.33. The van der Waals surface area contributed by atoms with E-state index in [0.717, 1.165) is 27.2 Å². The van der Waals surface area contributed by atoms with Crippen LogP contribution >= 0.6 is 0 Å². The fourth-order valence-electron chi connectivity index (χ4n) is 3.04. The maximum Gasteiger partial charge on any atom is 0.0951 e. The molecular formula is C16H9N5. The number of aromatic amines is 1. The molecule has 0 atom stereocenters. The summed E-state index contributed by atoms with van der Waals surface area (Å²) in [5.74, 6) is 0. The number of hydrogen-bond donors (Lipinski definition) is 1. The molecule has 0 aliphatic carbocycles. The zero-order chi connectivity index (χ0) is 13.8. The van der Waals surface area contributed by atoms with Gasteiger partial charge in [-0.2, -0.15) is 25.6 Å². The zero-order valence-corrected chi connectivity index (χ0v) is 10.9. The Morgan fingerprint density at radius 2 is 1.57 bits per heavy atom. The van der Waals surface area contributed by atoms with Gasteiger partial charge >= 0.3 is 0 Å². The summed E-state index contributed by atoms with van der Waals surface area (Å²) in [6.07, 6.45) is 3.65. The van der Waals surface area contributed by atoms with Crippen LogP contribution in [0.5, 0.6) is 0 Å². The second-order valence-corrected chi connectivity index (χ2v) is 5.07. The Bertz CT molecular complexity index is 1140. The molecule has 3 aromatic carbocycles. The van der Waals surface area contributed by atoms with Crippen LogP contribution in [-0.2, 0) is 0 Å². The molecule has 0 unspecified atom stereocenters. The lowest BCUT2D eigenvalue weighted by atomic mass is 9.97. The molecule has 21 heavy (non-hydrogen) atoms. The predicted molar refractivity (Wildman–Crippen MR) is 82.0 cm³/mol. The van der Waals surface area contributed by atoms with Gasteiger partial charge in [-0.05, 0) is 28.3 Å². The molecule has 0 radical (unpaired) electrons. The minimum Gasteiger partial charge on any atom is -0.197 e. The highest BCUT2D eigenvalue weighted by molar-refractivity contribution is 6.23. The molecule has 5 heteroatoms. The van der Waals surface area contributed by atoms with Crippen molar-refractivity contribution in [1.82, 2.24) is 25.6 Å². The normalized spacial score (nSPS) is 11.8. The largest absolute Gasteiger partial charge is 0.197 e. The van der Waals surface area contributed by atoms with Crippen molar-refractivity contribution >= 4 is 43.4 Å². The van der Waals surface area contributed by atoms with Crippen LogP contribution in [0.25, 0.3) is 43.4 Å². The molecule has 0 saturated heterocycles. The Morgan fingerprint density at radius 1 is 0.714 bits per heavy atom. The fourth-order valence-corrected chi connectivity index (χ4v) is 3.04. The smallest absolute Gasteiger partial charge is 0.0951 e. The van der Waals surface area contributed by atoms with Crippen LogP contribution in [0.1, 0.15) is 0 Å². The molecule has 5 nitrogen and oxygen atoms in total. The van der Waals surface area contributed by atoms with Crippen LogP contribution in [-0.4, -0.2) is 25.6 Å². The minimum absolute atomic E-state index is 0.906. The number of fused-ring (bicyclic) bond motifs is 7. The third-order valence-electron chi connectivity index (χ3n) is 3.99. The van der Waals surface area contributed by atoms with E-state index in [1.807, 2.05) is 24.5 Å². The minimum atomic E-state index is 0.906. The van der Waals surface area contributed by atoms with Gasteiger partial charge < -0.3 is 0 Å². The highest BCUT2D eigenvalue weighted by atomic mass is 15.3. The van der Waals surface area contributed by atoms with Gasteiger partial charge in [0.05, 0.1) is 23.4 Å². The molecule has 5 aromatic rings. The number of benzene rings is 3. The number of hydrogen-bond acceptors (Lipinski definition) is 4. The molecule has 0 aliphatic heterocycles. The molecule has 0 bridgehead atoms. The molecule has 5 rings (SSSR count). The van der Waals surface area contributed by atoms with Crippen molar-refractivity contribution in [3.8, 4) is 0 Å². The maximum atomic E-state index is 4.23. The summed E-state index contributed by atoms with van der Waals surface area (Å²) in [5, 5.41) is 25.9. The summed E-state index contributed by atoms with van der Waals surface area (Å²) >= 11 is 0. The van der Waals surface area contributed by atoms with Crippen LogP contribution in [0, 0.1) is 0 Å². The van der Waals surface area contributed by atoms with Crippen molar-refractivity contribution in [3.05, 3.63) is 48.8 Å². The van der Waals surface area contributed by atoms with E-state index in [0.29, 0.717) is 0 Å². The number of aromatic nitrogens is 5. The summed E-state index contributed by atoms with van der Waals surface area (Å²) in [7, 11) is 0. The summed E-state index contributed by atoms with van der Waals surface area (Å²) in [4.78, 5) is 0. The Balaban J connectivity index is 2.14. The topological polar surface area (TPSA) is 67.3 Å². The van der Waals surface area contributed by atoms with E-state index in [-0.39, 0.29) is 0 Å². The Kier molecular flexibility index (Phi) is 1.90. The molecule has 1 N–H and O–H groups in total. The van der Waals surface area contributed by atoms with E-state index < -0.39 is 0 Å². The van der Waals surface area contributed by atoms with Crippen LogP contribution in [0.4, 0.5) is 0 Å². The number of nitrogens with one attached hydrogen (secondary N) is 1. The van der Waals surface area contributed by atoms with Crippen molar-refractivity contribution in [2.45, 2.75) is 0 Å². The van der Waals surface area contributed by atoms with Crippen molar-refractivity contribution in [1.29, 1.82) is 0 Å². The second-order valence-electron chi connectivity index (χ2n) is 5.07. The van der Waals surface area contributed by atoms with Crippen molar-refractivity contribution < 1.29 is 0 Å². The highest BCUT2D eigenvalue weighted by Gasteiger charge is 2.09. The van der Waals surface area contributed by atoms with Crippen molar-refractivity contribution in [2.24, 2.45) is 0 Å². The quantitative estimate of drug-likeness (QED) is 0.439. The molecule has 0 aliphatic rings. The van der Waals surface area contributed by atoms with Gasteiger partial charge in [-0.25, -0.2) is 0 Å². The predicted octanol–water partition coefficient (Wildman–Crippen LogP) is 3.21. The van der Waals surface area contributed by atoms with E-state index in [2.05, 4.69) is 49.9 Å². The Morgan fingerprint density at radius 3 is 2.57 bits per heavy atom. The summed E-state index contributed by atoms with van der Waals surface area (Å²) in [5.41, 5.74) is 1.83. The van der Waals surface area contributed by atoms with E-state index in [1.54, 1.807) is 0 Å². The Hall–Kier alpha value is -3.08. The SMILES string of the molecule is c1cc2n[nH]ncc2c2c1ccc1c3cnnc3ccc12. The van der Waals surface area contributed by atoms with Crippen LogP contribution in [0.15, 0.2) is 48.8 Å². The van der Waals surface area contributed by atoms with Crippen molar-refractivity contribution in [3.63, 3.8) is 0 Å². The molecule has 0 amide bonds. The molecule has 98 valence electrons. The summed E-state index contributed by atoms with van der Waals surface area (Å²) in [6.45, 7) is 0. The van der Waals surface area contributed by atoms with Gasteiger partial charge in [0.1, 0.15) is 0 Å². The first-order valence-electron chi connectivity index (χ1n) is 6.67. The third-order valence-corrected chi connectivity index (χ3v) is 3.99. The van der Waals surface area contributed by atoms with Crippen molar-refractivity contribution in [2.75, 3.05) is 0 Å². The van der Waals surface area contributed by atoms with Gasteiger partial charge in [0.25, 0.3) is 0 Å². The van der Waals surface area contributed by atoms with E-state index in [9.17, 15) is 0 Å². The lowest BCUT2D eigenvalue weighted by Gasteiger charge is -2.07. The molecule has 0 fully saturated rings. The monoisotopic (exact) mass is 271 g/mol. The zero-order valence-electron chi connectivity index (χ0n) is 10.9. The van der Waals surface area contributed by atoms with Gasteiger partial charge in [-0.15, -0.1) is 0 Å². The van der Waals surface area contributed by atoms with E-state index in [4.69, 9.17) is 0 Å². The van der Waals surface area contributed by atoms with Gasteiger partial charge in [-0.3, -0.25) is 0 Å². The van der Waals surface area contributed by atoms with Crippen LogP contribution in [0.2, 0.25) is 0 Å². The van der Waals surface area contributed by atoms with Gasteiger partial charge in [0.15, 0.2) is 0 Å². The molecule has 0 spiro atoms. The first-order chi connectivity index (χ1) is 10.4. The lowest BCUT2D eigenvalue weighted by molar-refractivity contribution is 0.896. The first kappa shape index (κ1) is 10.7. The standard InChI is InChI=1S/C16H9N5/c1-3-10-11(4-6-14-12(10)7-17-19-14)16-9(1)2-5-15-13(16)8-18-21-20-15/h1-8,21H. The summed E-state index contributed by atoms with van der Waals surface area (Å²) < 4.78 is 0. The van der Waals surface area contributed by atoms with E-state index >= 15 is 0 Å². The summed E-state index contributed by atoms with van der Waals surface area (Å²) in [6, 6.07) is 12.5. The molecular weight excluding hydrogens is 262 g/mol.